The standard InChI is InChI=1S/C88H161NO8/c1-6-8-10-12-14-16-18-20-22-24-26-28-30-32-34-36-38-40-41-42-43-44-45-47-48-50-52-54-56-58-60-62-64-66-68-70-72-74-76-78-85(90)95-82-84(83-96-88(87(92)93)94-81-80-89(3,4)5)97-86(91)79-77-75-73-71-69-67-65-63-61-59-57-55-53-51-49-46-39-37-35-33-31-29-27-25-23-21-19-17-15-13-11-9-7-2/h9,11,15,17,21,23-24,26-27,29,33,35,84,88H,6-8,10,12-14,16,18-20,22,25,28,30-32,34,36-83H2,1-5H3/p+1/b11-9-,17-15-,23-21-,26-24-,29-27-,35-33-. The third-order valence-corrected chi connectivity index (χ3v) is 18.9. The molecule has 0 spiro atoms. The minimum absolute atomic E-state index is 0.178. The van der Waals surface area contributed by atoms with Crippen molar-refractivity contribution in [2.75, 3.05) is 47.5 Å². The number of esters is 2. The van der Waals surface area contributed by atoms with Crippen molar-refractivity contribution in [1.29, 1.82) is 0 Å². The van der Waals surface area contributed by atoms with Gasteiger partial charge >= 0.3 is 17.9 Å². The topological polar surface area (TPSA) is 108 Å². The number of quaternary nitrogens is 1. The van der Waals surface area contributed by atoms with Gasteiger partial charge in [-0.25, -0.2) is 4.79 Å². The summed E-state index contributed by atoms with van der Waals surface area (Å²) in [6.45, 7) is 4.83. The molecule has 9 heteroatoms. The van der Waals surface area contributed by atoms with Crippen LogP contribution in [-0.4, -0.2) is 87.4 Å². The number of unbranched alkanes of at least 4 members (excludes halogenated alkanes) is 52. The van der Waals surface area contributed by atoms with Gasteiger partial charge in [0.15, 0.2) is 6.10 Å². The van der Waals surface area contributed by atoms with Gasteiger partial charge in [-0.15, -0.1) is 0 Å². The SMILES string of the molecule is CC/C=C\C/C=C\C/C=C\C/C=C\C/C=C\CCCCCCCCCCCCCCCCCCCC(=O)OC(COC(=O)CCCCCCCCCCCCCCCCCCCCCCCCCCCCC/C=C\CCCCCCCCCC)COC(OCC[N+](C)(C)C)C(=O)O. The molecule has 0 radical (unpaired) electrons. The van der Waals surface area contributed by atoms with Crippen molar-refractivity contribution in [2.24, 2.45) is 0 Å². The van der Waals surface area contributed by atoms with Gasteiger partial charge in [-0.1, -0.05) is 389 Å². The first-order valence-electron chi connectivity index (χ1n) is 42.1. The number of carbonyl (C=O) groups is 3. The van der Waals surface area contributed by atoms with Gasteiger partial charge in [0.2, 0.25) is 0 Å². The molecule has 0 fully saturated rings. The molecule has 0 saturated heterocycles. The van der Waals surface area contributed by atoms with E-state index in [1.54, 1.807) is 0 Å². The predicted octanol–water partition coefficient (Wildman–Crippen LogP) is 27.2. The molecule has 0 aromatic carbocycles. The van der Waals surface area contributed by atoms with Crippen molar-refractivity contribution in [3.63, 3.8) is 0 Å². The molecule has 0 aliphatic heterocycles. The molecule has 0 aromatic rings. The van der Waals surface area contributed by atoms with E-state index in [0.29, 0.717) is 17.4 Å². The van der Waals surface area contributed by atoms with Crippen LogP contribution in [0.1, 0.15) is 412 Å². The molecule has 2 unspecified atom stereocenters. The van der Waals surface area contributed by atoms with Crippen molar-refractivity contribution in [1.82, 2.24) is 0 Å². The summed E-state index contributed by atoms with van der Waals surface area (Å²) in [5.74, 6) is -1.98. The van der Waals surface area contributed by atoms with Crippen LogP contribution >= 0.6 is 0 Å². The Balaban J connectivity index is 3.94. The quantitative estimate of drug-likeness (QED) is 0.0211. The van der Waals surface area contributed by atoms with Crippen LogP contribution in [0.15, 0.2) is 72.9 Å². The maximum atomic E-state index is 13.0. The molecule has 0 heterocycles. The van der Waals surface area contributed by atoms with E-state index in [2.05, 4.69) is 86.8 Å². The highest BCUT2D eigenvalue weighted by Crippen LogP contribution is 2.20. The Labute approximate surface area is 602 Å². The van der Waals surface area contributed by atoms with E-state index in [9.17, 15) is 19.5 Å². The average molecular weight is 1360 g/mol. The van der Waals surface area contributed by atoms with Gasteiger partial charge in [-0.05, 0) is 83.5 Å². The van der Waals surface area contributed by atoms with E-state index in [1.165, 1.54) is 315 Å². The maximum Gasteiger partial charge on any atom is 0.361 e. The summed E-state index contributed by atoms with van der Waals surface area (Å²) in [6.07, 6.45) is 104. The molecule has 0 rings (SSSR count). The normalized spacial score (nSPS) is 13.0. The average Bonchev–Trinajstić information content (AvgIpc) is 2.59. The lowest BCUT2D eigenvalue weighted by molar-refractivity contribution is -0.870. The van der Waals surface area contributed by atoms with Gasteiger partial charge < -0.3 is 28.5 Å². The molecule has 0 bridgehead atoms. The smallest absolute Gasteiger partial charge is 0.361 e. The number of hydrogen-bond acceptors (Lipinski definition) is 7. The van der Waals surface area contributed by atoms with Crippen LogP contribution in [0, 0.1) is 0 Å². The maximum absolute atomic E-state index is 13.0. The molecule has 0 amide bonds. The van der Waals surface area contributed by atoms with Gasteiger partial charge in [0, 0.05) is 12.8 Å². The van der Waals surface area contributed by atoms with E-state index >= 15 is 0 Å². The number of carbonyl (C=O) groups excluding carboxylic acids is 2. The van der Waals surface area contributed by atoms with Crippen molar-refractivity contribution >= 4 is 17.9 Å². The highest BCUT2D eigenvalue weighted by Gasteiger charge is 2.25. The Morgan fingerprint density at radius 1 is 0.320 bits per heavy atom. The summed E-state index contributed by atoms with van der Waals surface area (Å²) in [5, 5.41) is 9.78. The number of carboxylic acid groups (broad SMARTS) is 1. The largest absolute Gasteiger partial charge is 0.477 e. The Kier molecular flexibility index (Phi) is 75.8. The van der Waals surface area contributed by atoms with Gasteiger partial charge in [-0.3, -0.25) is 9.59 Å². The van der Waals surface area contributed by atoms with Crippen LogP contribution in [0.4, 0.5) is 0 Å². The second kappa shape index (κ2) is 78.4. The van der Waals surface area contributed by atoms with Crippen LogP contribution in [0.5, 0.6) is 0 Å². The molecular weight excluding hydrogens is 1200 g/mol. The zero-order chi connectivity index (χ0) is 70.4. The molecule has 2 atom stereocenters. The Morgan fingerprint density at radius 2 is 0.588 bits per heavy atom. The predicted molar refractivity (Wildman–Crippen MR) is 420 cm³/mol. The third kappa shape index (κ3) is 79.9. The summed E-state index contributed by atoms with van der Waals surface area (Å²) in [4.78, 5) is 37.8. The van der Waals surface area contributed by atoms with E-state index in [0.717, 1.165) is 70.6 Å². The lowest BCUT2D eigenvalue weighted by Crippen LogP contribution is -2.40. The van der Waals surface area contributed by atoms with Crippen molar-refractivity contribution in [3.8, 4) is 0 Å². The summed E-state index contributed by atoms with van der Waals surface area (Å²) in [5.41, 5.74) is 0. The van der Waals surface area contributed by atoms with Crippen molar-refractivity contribution in [2.45, 2.75) is 424 Å². The zero-order valence-corrected chi connectivity index (χ0v) is 65.0. The van der Waals surface area contributed by atoms with Crippen LogP contribution in [0.3, 0.4) is 0 Å². The molecule has 0 aliphatic rings. The molecule has 0 aliphatic carbocycles. The highest BCUT2D eigenvalue weighted by molar-refractivity contribution is 5.71. The molecular formula is C88H162NO8+. The molecule has 1 N–H and O–H groups in total. The van der Waals surface area contributed by atoms with E-state index in [4.69, 9.17) is 18.9 Å². The van der Waals surface area contributed by atoms with Gasteiger partial charge in [-0.2, -0.15) is 0 Å². The first-order chi connectivity index (χ1) is 47.6. The molecule has 0 aromatic heterocycles. The van der Waals surface area contributed by atoms with Crippen LogP contribution in [0.25, 0.3) is 0 Å². The van der Waals surface area contributed by atoms with Crippen molar-refractivity contribution in [3.05, 3.63) is 72.9 Å². The zero-order valence-electron chi connectivity index (χ0n) is 65.0. The number of ether oxygens (including phenoxy) is 4. The van der Waals surface area contributed by atoms with Crippen molar-refractivity contribution < 1.29 is 42.9 Å². The summed E-state index contributed by atoms with van der Waals surface area (Å²) in [6, 6.07) is 0. The fraction of sp³-hybridized carbons (Fsp3) is 0.830. The van der Waals surface area contributed by atoms with E-state index < -0.39 is 18.4 Å². The van der Waals surface area contributed by atoms with Gasteiger partial charge in [0.05, 0.1) is 34.4 Å². The van der Waals surface area contributed by atoms with Gasteiger partial charge in [0.1, 0.15) is 13.2 Å². The molecule has 0 saturated carbocycles. The summed E-state index contributed by atoms with van der Waals surface area (Å²) < 4.78 is 23.1. The first kappa shape index (κ1) is 93.7. The van der Waals surface area contributed by atoms with Gasteiger partial charge in [0.25, 0.3) is 6.29 Å². The molecule has 97 heavy (non-hydrogen) atoms. The monoisotopic (exact) mass is 1360 g/mol. The second-order valence-corrected chi connectivity index (χ2v) is 29.8. The number of carboxylic acids is 1. The second-order valence-electron chi connectivity index (χ2n) is 29.8. The number of likely N-dealkylation sites (N-methyl/N-ethyl adjacent to an activating group) is 1. The molecule has 566 valence electrons. The summed E-state index contributed by atoms with van der Waals surface area (Å²) >= 11 is 0. The number of rotatable bonds is 79. The summed E-state index contributed by atoms with van der Waals surface area (Å²) in [7, 11) is 6.00. The third-order valence-electron chi connectivity index (χ3n) is 18.9. The molecule has 9 nitrogen and oxygen atoms in total. The minimum Gasteiger partial charge on any atom is -0.477 e. The minimum atomic E-state index is -1.51. The fourth-order valence-corrected chi connectivity index (χ4v) is 12.6. The highest BCUT2D eigenvalue weighted by atomic mass is 16.7. The fourth-order valence-electron chi connectivity index (χ4n) is 12.6. The number of nitrogens with zero attached hydrogens (tertiary/aromatic N) is 1. The Bertz CT molecular complexity index is 1830. The van der Waals surface area contributed by atoms with Crippen LogP contribution in [0.2, 0.25) is 0 Å². The van der Waals surface area contributed by atoms with E-state index in [-0.39, 0.29) is 38.2 Å². The Hall–Kier alpha value is -3.27. The number of allylic oxidation sites excluding steroid dienone is 12. The van der Waals surface area contributed by atoms with Crippen LogP contribution < -0.4 is 0 Å². The lowest BCUT2D eigenvalue weighted by Gasteiger charge is -2.25. The van der Waals surface area contributed by atoms with E-state index in [1.807, 2.05) is 21.1 Å². The lowest BCUT2D eigenvalue weighted by atomic mass is 10.0. The number of aliphatic carboxylic acids is 1. The first-order valence-corrected chi connectivity index (χ1v) is 42.1. The van der Waals surface area contributed by atoms with Crippen LogP contribution in [-0.2, 0) is 33.3 Å². The Morgan fingerprint density at radius 3 is 0.887 bits per heavy atom. The number of hydrogen-bond donors (Lipinski definition) is 1.